The first-order chi connectivity index (χ1) is 7.24. The predicted molar refractivity (Wildman–Crippen MR) is 67.2 cm³/mol. The van der Waals surface area contributed by atoms with E-state index in [-0.39, 0.29) is 0 Å². The molecule has 1 aliphatic heterocycles. The van der Waals surface area contributed by atoms with Gasteiger partial charge >= 0.3 is 0 Å². The first kappa shape index (κ1) is 12.7. The molecule has 0 radical (unpaired) electrons. The second-order valence-corrected chi connectivity index (χ2v) is 4.65. The summed E-state index contributed by atoms with van der Waals surface area (Å²) in [6, 6.07) is 0.743. The summed E-state index contributed by atoms with van der Waals surface area (Å²) in [6.45, 7) is 11.5. The third-order valence-corrected chi connectivity index (χ3v) is 3.21. The van der Waals surface area contributed by atoms with Crippen molar-refractivity contribution in [2.45, 2.75) is 46.1 Å². The third-order valence-electron chi connectivity index (χ3n) is 3.21. The Hall–Kier alpha value is -0.340. The second kappa shape index (κ2) is 7.02. The highest BCUT2D eigenvalue weighted by Gasteiger charge is 2.15. The van der Waals surface area contributed by atoms with Crippen LogP contribution in [0.4, 0.5) is 0 Å². The fourth-order valence-electron chi connectivity index (χ4n) is 2.20. The molecule has 0 bridgehead atoms. The fraction of sp³-hybridized carbons (Fsp3) is 0.846. The quantitative estimate of drug-likeness (QED) is 0.535. The van der Waals surface area contributed by atoms with E-state index in [1.165, 1.54) is 38.9 Å². The highest BCUT2D eigenvalue weighted by molar-refractivity contribution is 5.05. The predicted octanol–water partition coefficient (Wildman–Crippen LogP) is 2.42. The molecule has 2 heteroatoms. The molecule has 0 aromatic carbocycles. The summed E-state index contributed by atoms with van der Waals surface area (Å²) < 4.78 is 0. The van der Waals surface area contributed by atoms with Gasteiger partial charge in [-0.1, -0.05) is 18.6 Å². The van der Waals surface area contributed by atoms with E-state index in [4.69, 9.17) is 0 Å². The lowest BCUT2D eigenvalue weighted by Gasteiger charge is -2.32. The van der Waals surface area contributed by atoms with Crippen molar-refractivity contribution in [1.29, 1.82) is 0 Å². The zero-order valence-corrected chi connectivity index (χ0v) is 10.6. The molecule has 15 heavy (non-hydrogen) atoms. The molecule has 1 N–H and O–H groups in total. The Morgan fingerprint density at radius 3 is 3.00 bits per heavy atom. The lowest BCUT2D eigenvalue weighted by Crippen LogP contribution is -2.37. The average Bonchev–Trinajstić information content (AvgIpc) is 2.24. The molecule has 0 aromatic rings. The van der Waals surface area contributed by atoms with Gasteiger partial charge in [0.1, 0.15) is 0 Å². The molecule has 1 rings (SSSR count). The number of hydrogen-bond donors (Lipinski definition) is 1. The number of rotatable bonds is 6. The van der Waals surface area contributed by atoms with Crippen LogP contribution in [-0.4, -0.2) is 37.1 Å². The lowest BCUT2D eigenvalue weighted by atomic mass is 10.1. The Bertz CT molecular complexity index is 199. The zero-order valence-electron chi connectivity index (χ0n) is 10.6. The minimum atomic E-state index is 0.743. The van der Waals surface area contributed by atoms with Crippen LogP contribution in [0.5, 0.6) is 0 Å². The van der Waals surface area contributed by atoms with Crippen LogP contribution in [0, 0.1) is 0 Å². The summed E-state index contributed by atoms with van der Waals surface area (Å²) in [5.74, 6) is 0. The SMILES string of the molecule is CCNCCCC(C)N1CCC=C(C)C1. The van der Waals surface area contributed by atoms with Crippen molar-refractivity contribution < 1.29 is 0 Å². The van der Waals surface area contributed by atoms with Gasteiger partial charge in [-0.3, -0.25) is 4.90 Å². The van der Waals surface area contributed by atoms with Crippen molar-refractivity contribution in [2.24, 2.45) is 0 Å². The minimum absolute atomic E-state index is 0.743. The molecule has 0 fully saturated rings. The molecule has 1 heterocycles. The number of nitrogens with one attached hydrogen (secondary N) is 1. The highest BCUT2D eigenvalue weighted by atomic mass is 15.1. The van der Waals surface area contributed by atoms with Crippen molar-refractivity contribution in [2.75, 3.05) is 26.2 Å². The molecule has 0 aromatic heterocycles. The zero-order chi connectivity index (χ0) is 11.1. The van der Waals surface area contributed by atoms with Gasteiger partial charge in [-0.05, 0) is 46.2 Å². The maximum atomic E-state index is 3.39. The minimum Gasteiger partial charge on any atom is -0.317 e. The summed E-state index contributed by atoms with van der Waals surface area (Å²) >= 11 is 0. The van der Waals surface area contributed by atoms with Gasteiger partial charge in [-0.2, -0.15) is 0 Å². The van der Waals surface area contributed by atoms with E-state index >= 15 is 0 Å². The maximum absolute atomic E-state index is 3.39. The summed E-state index contributed by atoms with van der Waals surface area (Å²) in [6.07, 6.45) is 6.24. The summed E-state index contributed by atoms with van der Waals surface area (Å²) in [5.41, 5.74) is 1.54. The number of nitrogens with zero attached hydrogens (tertiary/aromatic N) is 1. The smallest absolute Gasteiger partial charge is 0.0193 e. The van der Waals surface area contributed by atoms with Crippen LogP contribution in [0.25, 0.3) is 0 Å². The monoisotopic (exact) mass is 210 g/mol. The van der Waals surface area contributed by atoms with Crippen LogP contribution < -0.4 is 5.32 Å². The van der Waals surface area contributed by atoms with E-state index in [2.05, 4.69) is 37.1 Å². The molecular weight excluding hydrogens is 184 g/mol. The van der Waals surface area contributed by atoms with Gasteiger partial charge in [-0.25, -0.2) is 0 Å². The molecule has 2 nitrogen and oxygen atoms in total. The summed E-state index contributed by atoms with van der Waals surface area (Å²) in [5, 5.41) is 3.39. The topological polar surface area (TPSA) is 15.3 Å². The van der Waals surface area contributed by atoms with Crippen molar-refractivity contribution in [3.8, 4) is 0 Å². The Balaban J connectivity index is 2.16. The second-order valence-electron chi connectivity index (χ2n) is 4.65. The molecule has 0 aliphatic carbocycles. The molecule has 1 aliphatic rings. The van der Waals surface area contributed by atoms with Gasteiger partial charge in [-0.15, -0.1) is 0 Å². The van der Waals surface area contributed by atoms with Crippen molar-refractivity contribution in [3.63, 3.8) is 0 Å². The Kier molecular flexibility index (Phi) is 5.96. The van der Waals surface area contributed by atoms with Gasteiger partial charge in [0.2, 0.25) is 0 Å². The fourth-order valence-corrected chi connectivity index (χ4v) is 2.20. The molecule has 88 valence electrons. The first-order valence-corrected chi connectivity index (χ1v) is 6.34. The van der Waals surface area contributed by atoms with Crippen molar-refractivity contribution in [1.82, 2.24) is 10.2 Å². The van der Waals surface area contributed by atoms with Gasteiger partial charge in [0.05, 0.1) is 0 Å². The average molecular weight is 210 g/mol. The summed E-state index contributed by atoms with van der Waals surface area (Å²) in [7, 11) is 0. The van der Waals surface area contributed by atoms with E-state index in [9.17, 15) is 0 Å². The van der Waals surface area contributed by atoms with Crippen LogP contribution in [0.15, 0.2) is 11.6 Å². The van der Waals surface area contributed by atoms with E-state index in [1.807, 2.05) is 0 Å². The molecule has 1 atom stereocenters. The van der Waals surface area contributed by atoms with Crippen LogP contribution in [-0.2, 0) is 0 Å². The van der Waals surface area contributed by atoms with Crippen LogP contribution in [0.1, 0.15) is 40.0 Å². The molecule has 0 saturated heterocycles. The first-order valence-electron chi connectivity index (χ1n) is 6.34. The van der Waals surface area contributed by atoms with Crippen molar-refractivity contribution in [3.05, 3.63) is 11.6 Å². The Morgan fingerprint density at radius 2 is 2.33 bits per heavy atom. The molecular formula is C13H26N2. The normalized spacial score (nSPS) is 20.1. The molecule has 0 amide bonds. The van der Waals surface area contributed by atoms with Crippen LogP contribution in [0.2, 0.25) is 0 Å². The molecule has 0 saturated carbocycles. The van der Waals surface area contributed by atoms with Crippen molar-refractivity contribution >= 4 is 0 Å². The summed E-state index contributed by atoms with van der Waals surface area (Å²) in [4.78, 5) is 2.61. The van der Waals surface area contributed by atoms with Gasteiger partial charge < -0.3 is 5.32 Å². The van der Waals surface area contributed by atoms with Crippen LogP contribution >= 0.6 is 0 Å². The van der Waals surface area contributed by atoms with Gasteiger partial charge in [0.15, 0.2) is 0 Å². The highest BCUT2D eigenvalue weighted by Crippen LogP contribution is 2.14. The Labute approximate surface area is 94.7 Å². The van der Waals surface area contributed by atoms with Crippen LogP contribution in [0.3, 0.4) is 0 Å². The van der Waals surface area contributed by atoms with E-state index in [1.54, 1.807) is 5.57 Å². The molecule has 0 spiro atoms. The van der Waals surface area contributed by atoms with E-state index < -0.39 is 0 Å². The van der Waals surface area contributed by atoms with E-state index in [0.29, 0.717) is 0 Å². The Morgan fingerprint density at radius 1 is 1.53 bits per heavy atom. The number of hydrogen-bond acceptors (Lipinski definition) is 2. The van der Waals surface area contributed by atoms with E-state index in [0.717, 1.165) is 12.6 Å². The maximum Gasteiger partial charge on any atom is 0.0193 e. The lowest BCUT2D eigenvalue weighted by molar-refractivity contribution is 0.209. The van der Waals surface area contributed by atoms with Gasteiger partial charge in [0, 0.05) is 19.1 Å². The standard InChI is InChI=1S/C13H26N2/c1-4-14-9-5-8-13(3)15-10-6-7-12(2)11-15/h7,13-14H,4-6,8-11H2,1-3H3. The molecule has 1 unspecified atom stereocenters. The largest absolute Gasteiger partial charge is 0.317 e. The van der Waals surface area contributed by atoms with Gasteiger partial charge in [0.25, 0.3) is 0 Å². The third kappa shape index (κ3) is 4.80.